The summed E-state index contributed by atoms with van der Waals surface area (Å²) in [7, 11) is -3.33. The van der Waals surface area contributed by atoms with Crippen LogP contribution in [0.1, 0.15) is 10.5 Å². The Kier molecular flexibility index (Phi) is 6.44. The summed E-state index contributed by atoms with van der Waals surface area (Å²) in [6.07, 6.45) is 4.37. The van der Waals surface area contributed by atoms with Gasteiger partial charge >= 0.3 is 0 Å². The molecule has 0 unspecified atom stereocenters. The van der Waals surface area contributed by atoms with Gasteiger partial charge in [-0.3, -0.25) is 9.78 Å². The van der Waals surface area contributed by atoms with E-state index < -0.39 is 9.84 Å². The molecule has 3 aromatic heterocycles. The third kappa shape index (κ3) is 4.94. The Morgan fingerprint density at radius 1 is 0.944 bits per heavy atom. The van der Waals surface area contributed by atoms with Crippen LogP contribution in [0.4, 0.5) is 5.69 Å². The molecule has 10 heteroatoms. The summed E-state index contributed by atoms with van der Waals surface area (Å²) in [5, 5.41) is 7.89. The third-order valence-corrected chi connectivity index (χ3v) is 7.95. The second-order valence-corrected chi connectivity index (χ2v) is 11.4. The van der Waals surface area contributed by atoms with Crippen LogP contribution < -0.4 is 5.32 Å². The number of benzene rings is 2. The van der Waals surface area contributed by atoms with Crippen molar-refractivity contribution >= 4 is 44.4 Å². The predicted molar refractivity (Wildman–Crippen MR) is 143 cm³/mol. The molecule has 0 aliphatic rings. The van der Waals surface area contributed by atoms with E-state index in [2.05, 4.69) is 15.4 Å². The van der Waals surface area contributed by atoms with Crippen LogP contribution in [-0.4, -0.2) is 35.3 Å². The number of aromatic nitrogens is 3. The summed E-state index contributed by atoms with van der Waals surface area (Å²) < 4.78 is 25.7. The molecular weight excluding hydrogens is 516 g/mol. The predicted octanol–water partition coefficient (Wildman–Crippen LogP) is 5.97. The van der Waals surface area contributed by atoms with Crippen molar-refractivity contribution < 1.29 is 13.2 Å². The molecule has 5 rings (SSSR count). The lowest BCUT2D eigenvalue weighted by atomic mass is 10.2. The van der Waals surface area contributed by atoms with Gasteiger partial charge in [-0.05, 0) is 60.2 Å². The number of rotatable bonds is 6. The molecule has 0 radical (unpaired) electrons. The molecule has 0 aliphatic carbocycles. The summed E-state index contributed by atoms with van der Waals surface area (Å²) in [4.78, 5) is 18.9. The number of nitrogens with zero attached hydrogens (tertiary/aromatic N) is 3. The van der Waals surface area contributed by atoms with Crippen LogP contribution in [0.5, 0.6) is 0 Å². The van der Waals surface area contributed by atoms with Gasteiger partial charge in [0.15, 0.2) is 15.5 Å². The minimum atomic E-state index is -3.33. The molecule has 1 amide bonds. The highest BCUT2D eigenvalue weighted by molar-refractivity contribution is 7.90. The Labute approximate surface area is 216 Å². The zero-order valence-electron chi connectivity index (χ0n) is 18.9. The molecule has 0 saturated heterocycles. The van der Waals surface area contributed by atoms with Crippen LogP contribution >= 0.6 is 22.9 Å². The molecule has 180 valence electrons. The summed E-state index contributed by atoms with van der Waals surface area (Å²) in [6.45, 7) is 0. The first-order chi connectivity index (χ1) is 17.3. The monoisotopic (exact) mass is 534 g/mol. The number of pyridine rings is 1. The van der Waals surface area contributed by atoms with Crippen molar-refractivity contribution in [2.24, 2.45) is 0 Å². The SMILES string of the molecule is CS(=O)(=O)c1cccc(-c2ccc(-c3cc(C(=O)Nc4ccncc4)nn3-c3ccccc3Cl)s2)c1. The van der Waals surface area contributed by atoms with Gasteiger partial charge < -0.3 is 5.32 Å². The van der Waals surface area contributed by atoms with Gasteiger partial charge in [-0.15, -0.1) is 11.3 Å². The second kappa shape index (κ2) is 9.69. The number of para-hydroxylation sites is 1. The van der Waals surface area contributed by atoms with Gasteiger partial charge in [0.25, 0.3) is 5.91 Å². The fourth-order valence-electron chi connectivity index (χ4n) is 3.62. The van der Waals surface area contributed by atoms with E-state index in [1.54, 1.807) is 59.5 Å². The molecule has 0 fully saturated rings. The smallest absolute Gasteiger partial charge is 0.276 e. The lowest BCUT2D eigenvalue weighted by Crippen LogP contribution is -2.13. The van der Waals surface area contributed by atoms with Crippen molar-refractivity contribution in [2.45, 2.75) is 4.90 Å². The molecule has 0 bridgehead atoms. The fraction of sp³-hybridized carbons (Fsp3) is 0.0385. The van der Waals surface area contributed by atoms with E-state index >= 15 is 0 Å². The topological polar surface area (TPSA) is 93.9 Å². The Hall–Kier alpha value is -3.79. The molecule has 1 N–H and O–H groups in total. The van der Waals surface area contributed by atoms with Crippen molar-refractivity contribution in [1.29, 1.82) is 0 Å². The number of sulfone groups is 1. The number of nitrogens with one attached hydrogen (secondary N) is 1. The number of hydrogen-bond acceptors (Lipinski definition) is 6. The van der Waals surface area contributed by atoms with E-state index in [1.807, 2.05) is 36.4 Å². The van der Waals surface area contributed by atoms with Crippen LogP contribution in [0, 0.1) is 0 Å². The molecule has 3 heterocycles. The summed E-state index contributed by atoms with van der Waals surface area (Å²) >= 11 is 7.94. The van der Waals surface area contributed by atoms with Gasteiger partial charge in [0.05, 0.1) is 26.2 Å². The molecule has 0 aliphatic heterocycles. The van der Waals surface area contributed by atoms with Crippen molar-refractivity contribution in [3.8, 4) is 26.7 Å². The van der Waals surface area contributed by atoms with Crippen LogP contribution in [0.25, 0.3) is 26.7 Å². The number of thiophene rings is 1. The van der Waals surface area contributed by atoms with Crippen molar-refractivity contribution in [2.75, 3.05) is 11.6 Å². The molecule has 0 atom stereocenters. The highest BCUT2D eigenvalue weighted by atomic mass is 35.5. The Morgan fingerprint density at radius 2 is 1.69 bits per heavy atom. The number of carbonyl (C=O) groups excluding carboxylic acids is 1. The average Bonchev–Trinajstić information content (AvgIpc) is 3.52. The second-order valence-electron chi connectivity index (χ2n) is 7.93. The van der Waals surface area contributed by atoms with Crippen LogP contribution in [-0.2, 0) is 9.84 Å². The lowest BCUT2D eigenvalue weighted by molar-refractivity contribution is 0.102. The largest absolute Gasteiger partial charge is 0.320 e. The molecular formula is C26H19ClN4O3S2. The molecule has 2 aromatic carbocycles. The van der Waals surface area contributed by atoms with E-state index in [0.29, 0.717) is 22.1 Å². The van der Waals surface area contributed by atoms with E-state index in [4.69, 9.17) is 11.6 Å². The van der Waals surface area contributed by atoms with Crippen LogP contribution in [0.2, 0.25) is 5.02 Å². The van der Waals surface area contributed by atoms with Gasteiger partial charge in [-0.25, -0.2) is 13.1 Å². The summed E-state index contributed by atoms with van der Waals surface area (Å²) in [5.74, 6) is -0.370. The Morgan fingerprint density at radius 3 is 2.44 bits per heavy atom. The van der Waals surface area contributed by atoms with Gasteiger partial charge in [0, 0.05) is 29.2 Å². The average molecular weight is 535 g/mol. The van der Waals surface area contributed by atoms with Crippen LogP contribution in [0.3, 0.4) is 0 Å². The van der Waals surface area contributed by atoms with E-state index in [-0.39, 0.29) is 16.5 Å². The molecule has 36 heavy (non-hydrogen) atoms. The molecule has 0 saturated carbocycles. The Bertz CT molecular complexity index is 1680. The van der Waals surface area contributed by atoms with E-state index in [0.717, 1.165) is 15.3 Å². The lowest BCUT2D eigenvalue weighted by Gasteiger charge is -2.08. The third-order valence-electron chi connectivity index (χ3n) is 5.37. The normalized spacial score (nSPS) is 11.4. The van der Waals surface area contributed by atoms with Gasteiger partial charge in [-0.2, -0.15) is 5.10 Å². The van der Waals surface area contributed by atoms with Crippen molar-refractivity contribution in [3.05, 3.63) is 102 Å². The molecule has 5 aromatic rings. The fourth-order valence-corrected chi connectivity index (χ4v) is 5.50. The number of amides is 1. The van der Waals surface area contributed by atoms with Crippen molar-refractivity contribution in [1.82, 2.24) is 14.8 Å². The summed E-state index contributed by atoms with van der Waals surface area (Å²) in [6, 6.07) is 23.0. The number of anilines is 1. The standard InChI is InChI=1S/C26H19ClN4O3S2/c1-36(33,34)19-6-4-5-17(15-19)24-9-10-25(35-24)23-16-21(26(32)29-18-11-13-28-14-12-18)30-31(23)22-8-3-2-7-20(22)27/h2-16H,1H3,(H,28,29,32). The Balaban J connectivity index is 1.57. The first kappa shape index (κ1) is 23.9. The summed E-state index contributed by atoms with van der Waals surface area (Å²) in [5.41, 5.74) is 2.92. The van der Waals surface area contributed by atoms with Gasteiger partial charge in [0.1, 0.15) is 0 Å². The first-order valence-electron chi connectivity index (χ1n) is 10.8. The highest BCUT2D eigenvalue weighted by Crippen LogP contribution is 2.37. The number of halogens is 1. The zero-order valence-corrected chi connectivity index (χ0v) is 21.3. The van der Waals surface area contributed by atoms with Crippen LogP contribution in [0.15, 0.2) is 96.2 Å². The minimum Gasteiger partial charge on any atom is -0.320 e. The zero-order chi connectivity index (χ0) is 25.3. The maximum Gasteiger partial charge on any atom is 0.276 e. The molecule has 0 spiro atoms. The minimum absolute atomic E-state index is 0.218. The molecule has 7 nitrogen and oxygen atoms in total. The van der Waals surface area contributed by atoms with E-state index in [1.165, 1.54) is 17.6 Å². The first-order valence-corrected chi connectivity index (χ1v) is 13.9. The number of hydrogen-bond donors (Lipinski definition) is 1. The maximum absolute atomic E-state index is 13.0. The van der Waals surface area contributed by atoms with Crippen molar-refractivity contribution in [3.63, 3.8) is 0 Å². The van der Waals surface area contributed by atoms with E-state index in [9.17, 15) is 13.2 Å². The quantitative estimate of drug-likeness (QED) is 0.289. The number of carbonyl (C=O) groups is 1. The van der Waals surface area contributed by atoms with Gasteiger partial charge in [-0.1, -0.05) is 35.9 Å². The van der Waals surface area contributed by atoms with Gasteiger partial charge in [0.2, 0.25) is 0 Å². The highest BCUT2D eigenvalue weighted by Gasteiger charge is 2.20. The maximum atomic E-state index is 13.0.